The Balaban J connectivity index is 1.87. The van der Waals surface area contributed by atoms with Gasteiger partial charge in [0.2, 0.25) is 0 Å². The van der Waals surface area contributed by atoms with Crippen molar-refractivity contribution in [2.75, 3.05) is 31.2 Å². The summed E-state index contributed by atoms with van der Waals surface area (Å²) in [5.74, 6) is 1.46. The van der Waals surface area contributed by atoms with Gasteiger partial charge in [0.1, 0.15) is 12.4 Å². The first-order valence-electron chi connectivity index (χ1n) is 7.83. The Morgan fingerprint density at radius 3 is 2.82 bits per heavy atom. The summed E-state index contributed by atoms with van der Waals surface area (Å²) in [5.41, 5.74) is 0. The van der Waals surface area contributed by atoms with Crippen LogP contribution in [-0.2, 0) is 9.84 Å². The number of hydrogen-bond acceptors (Lipinski definition) is 4. The van der Waals surface area contributed by atoms with E-state index in [1.54, 1.807) is 0 Å². The molecule has 0 saturated carbocycles. The second-order valence-corrected chi connectivity index (χ2v) is 8.90. The lowest BCUT2D eigenvalue weighted by Gasteiger charge is -2.27. The van der Waals surface area contributed by atoms with Crippen LogP contribution in [0.4, 0.5) is 0 Å². The predicted molar refractivity (Wildman–Crippen MR) is 93.2 cm³/mol. The lowest BCUT2D eigenvalue weighted by molar-refractivity contribution is 0.168. The SMILES string of the molecule is CCCCN(CCOc1cccc(Br)c1)C1CCS(=O)(=O)C1. The van der Waals surface area contributed by atoms with Gasteiger partial charge in [0, 0.05) is 17.1 Å². The molecule has 0 aromatic heterocycles. The lowest BCUT2D eigenvalue weighted by atomic mass is 10.2. The Labute approximate surface area is 141 Å². The normalized spacial score (nSPS) is 20.4. The van der Waals surface area contributed by atoms with E-state index in [0.29, 0.717) is 18.1 Å². The molecule has 0 N–H and O–H groups in total. The number of unbranched alkanes of at least 4 members (excludes halogenated alkanes) is 1. The van der Waals surface area contributed by atoms with Crippen molar-refractivity contribution in [2.45, 2.75) is 32.2 Å². The van der Waals surface area contributed by atoms with E-state index in [1.807, 2.05) is 24.3 Å². The largest absolute Gasteiger partial charge is 0.492 e. The molecule has 1 fully saturated rings. The van der Waals surface area contributed by atoms with Crippen molar-refractivity contribution in [2.24, 2.45) is 0 Å². The van der Waals surface area contributed by atoms with Crippen LogP contribution in [0.2, 0.25) is 0 Å². The van der Waals surface area contributed by atoms with Gasteiger partial charge in [-0.3, -0.25) is 4.90 Å². The Morgan fingerprint density at radius 1 is 1.36 bits per heavy atom. The van der Waals surface area contributed by atoms with E-state index in [-0.39, 0.29) is 6.04 Å². The summed E-state index contributed by atoms with van der Waals surface area (Å²) >= 11 is 3.43. The van der Waals surface area contributed by atoms with Gasteiger partial charge >= 0.3 is 0 Å². The van der Waals surface area contributed by atoms with Crippen molar-refractivity contribution in [1.82, 2.24) is 4.90 Å². The quantitative estimate of drug-likeness (QED) is 0.684. The molecule has 1 aromatic carbocycles. The van der Waals surface area contributed by atoms with Gasteiger partial charge in [0.25, 0.3) is 0 Å². The third kappa shape index (κ3) is 5.56. The highest BCUT2D eigenvalue weighted by atomic mass is 79.9. The summed E-state index contributed by atoms with van der Waals surface area (Å²) in [6.07, 6.45) is 2.96. The van der Waals surface area contributed by atoms with Gasteiger partial charge in [-0.25, -0.2) is 8.42 Å². The molecule has 0 spiro atoms. The minimum Gasteiger partial charge on any atom is -0.492 e. The minimum atomic E-state index is -2.84. The van der Waals surface area contributed by atoms with Crippen LogP contribution in [0.15, 0.2) is 28.7 Å². The zero-order valence-corrected chi connectivity index (χ0v) is 15.4. The summed E-state index contributed by atoms with van der Waals surface area (Å²) < 4.78 is 30.2. The van der Waals surface area contributed by atoms with Gasteiger partial charge in [-0.1, -0.05) is 35.3 Å². The van der Waals surface area contributed by atoms with Crippen LogP contribution in [-0.4, -0.2) is 50.6 Å². The lowest BCUT2D eigenvalue weighted by Crippen LogP contribution is -2.39. The minimum absolute atomic E-state index is 0.155. The maximum absolute atomic E-state index is 11.7. The molecule has 1 aliphatic heterocycles. The molecule has 1 aliphatic rings. The van der Waals surface area contributed by atoms with Crippen molar-refractivity contribution in [3.63, 3.8) is 0 Å². The number of sulfone groups is 1. The summed E-state index contributed by atoms with van der Waals surface area (Å²) in [4.78, 5) is 2.28. The fraction of sp³-hybridized carbons (Fsp3) is 0.625. The number of ether oxygens (including phenoxy) is 1. The molecule has 6 heteroatoms. The van der Waals surface area contributed by atoms with Crippen molar-refractivity contribution in [1.29, 1.82) is 0 Å². The number of rotatable bonds is 8. The molecule has 0 amide bonds. The standard InChI is InChI=1S/C16H24BrNO3S/c1-2-3-8-18(15-7-11-22(19,20)13-15)9-10-21-16-6-4-5-14(17)12-16/h4-6,12,15H,2-3,7-11,13H2,1H3. The van der Waals surface area contributed by atoms with E-state index >= 15 is 0 Å². The third-order valence-electron chi connectivity index (χ3n) is 3.97. The Morgan fingerprint density at radius 2 is 2.18 bits per heavy atom. The average molecular weight is 390 g/mol. The first kappa shape index (κ1) is 17.8. The molecule has 1 unspecified atom stereocenters. The molecule has 124 valence electrons. The fourth-order valence-electron chi connectivity index (χ4n) is 2.74. The molecule has 1 heterocycles. The molecule has 1 saturated heterocycles. The molecule has 1 atom stereocenters. The van der Waals surface area contributed by atoms with Crippen molar-refractivity contribution in [3.05, 3.63) is 28.7 Å². The number of nitrogens with zero attached hydrogens (tertiary/aromatic N) is 1. The van der Waals surface area contributed by atoms with E-state index in [9.17, 15) is 8.42 Å². The average Bonchev–Trinajstić information content (AvgIpc) is 2.83. The molecule has 0 aliphatic carbocycles. The first-order valence-corrected chi connectivity index (χ1v) is 10.4. The zero-order valence-electron chi connectivity index (χ0n) is 13.0. The van der Waals surface area contributed by atoms with Gasteiger partial charge in [-0.05, 0) is 37.6 Å². The van der Waals surface area contributed by atoms with Crippen LogP contribution < -0.4 is 4.74 Å². The van der Waals surface area contributed by atoms with Crippen LogP contribution in [0.5, 0.6) is 5.75 Å². The second kappa shape index (κ2) is 8.31. The van der Waals surface area contributed by atoms with Crippen molar-refractivity contribution < 1.29 is 13.2 Å². The first-order chi connectivity index (χ1) is 10.5. The van der Waals surface area contributed by atoms with Gasteiger partial charge < -0.3 is 4.74 Å². The summed E-state index contributed by atoms with van der Waals surface area (Å²) in [6.45, 7) is 4.45. The highest BCUT2D eigenvalue weighted by molar-refractivity contribution is 9.10. The monoisotopic (exact) mass is 389 g/mol. The van der Waals surface area contributed by atoms with Gasteiger partial charge in [-0.15, -0.1) is 0 Å². The number of hydrogen-bond donors (Lipinski definition) is 0. The van der Waals surface area contributed by atoms with Crippen LogP contribution in [0.25, 0.3) is 0 Å². The fourth-order valence-corrected chi connectivity index (χ4v) is 4.88. The highest BCUT2D eigenvalue weighted by Crippen LogP contribution is 2.20. The second-order valence-electron chi connectivity index (χ2n) is 5.75. The topological polar surface area (TPSA) is 46.6 Å². The van der Waals surface area contributed by atoms with Crippen LogP contribution >= 0.6 is 15.9 Å². The number of benzene rings is 1. The molecule has 1 aromatic rings. The zero-order chi connectivity index (χ0) is 16.0. The van der Waals surface area contributed by atoms with E-state index in [0.717, 1.165) is 42.6 Å². The number of halogens is 1. The molecular formula is C16H24BrNO3S. The van der Waals surface area contributed by atoms with Crippen molar-refractivity contribution >= 4 is 25.8 Å². The van der Waals surface area contributed by atoms with Gasteiger partial charge in [0.15, 0.2) is 9.84 Å². The molecule has 0 radical (unpaired) electrons. The summed E-state index contributed by atoms with van der Waals surface area (Å²) in [5, 5.41) is 0. The Bertz CT molecular complexity index is 577. The maximum Gasteiger partial charge on any atom is 0.151 e. The smallest absolute Gasteiger partial charge is 0.151 e. The molecule has 0 bridgehead atoms. The predicted octanol–water partition coefficient (Wildman–Crippen LogP) is 3.12. The summed E-state index contributed by atoms with van der Waals surface area (Å²) in [6, 6.07) is 7.93. The van der Waals surface area contributed by atoms with Crippen LogP contribution in [0.1, 0.15) is 26.2 Å². The van der Waals surface area contributed by atoms with E-state index in [2.05, 4.69) is 27.8 Å². The van der Waals surface area contributed by atoms with E-state index in [1.165, 1.54) is 0 Å². The molecule has 22 heavy (non-hydrogen) atoms. The van der Waals surface area contributed by atoms with Gasteiger partial charge in [-0.2, -0.15) is 0 Å². The molecule has 2 rings (SSSR count). The van der Waals surface area contributed by atoms with Crippen LogP contribution in [0, 0.1) is 0 Å². The Hall–Kier alpha value is -0.590. The van der Waals surface area contributed by atoms with E-state index in [4.69, 9.17) is 4.74 Å². The third-order valence-corrected chi connectivity index (χ3v) is 6.21. The maximum atomic E-state index is 11.7. The summed E-state index contributed by atoms with van der Waals surface area (Å²) in [7, 11) is -2.84. The highest BCUT2D eigenvalue weighted by Gasteiger charge is 2.31. The van der Waals surface area contributed by atoms with Crippen molar-refractivity contribution in [3.8, 4) is 5.75 Å². The van der Waals surface area contributed by atoms with Gasteiger partial charge in [0.05, 0.1) is 11.5 Å². The van der Waals surface area contributed by atoms with Crippen LogP contribution in [0.3, 0.4) is 0 Å². The molecular weight excluding hydrogens is 366 g/mol. The molecule has 4 nitrogen and oxygen atoms in total. The van der Waals surface area contributed by atoms with E-state index < -0.39 is 9.84 Å². The Kier molecular flexibility index (Phi) is 6.71.